The standard InChI is InChI=1S/C32H38O9/c1-20-10-15-26(33)30-27(40-32(3,4)41-30)9-7-8-23-16-25(37-18-22-11-13-24(36-6)14-12-22)17-28(38-19-35-5)29(23)31(34)39-21(20)2/h7-8,10-17,20-21,27,30H,9,18-19H2,1-6H3/b8-7?,15-10-/t20-,21+,27?,30?/m1/s1. The highest BCUT2D eigenvalue weighted by molar-refractivity contribution is 5.97. The van der Waals surface area contributed by atoms with Gasteiger partial charge < -0.3 is 33.2 Å². The van der Waals surface area contributed by atoms with Crippen molar-refractivity contribution in [1.82, 2.24) is 0 Å². The zero-order chi connectivity index (χ0) is 29.6. The van der Waals surface area contributed by atoms with Crippen molar-refractivity contribution in [2.75, 3.05) is 21.0 Å². The molecule has 2 heterocycles. The van der Waals surface area contributed by atoms with Crippen LogP contribution in [0, 0.1) is 5.92 Å². The summed E-state index contributed by atoms with van der Waals surface area (Å²) in [6.07, 6.45) is 5.44. The van der Waals surface area contributed by atoms with E-state index < -0.39 is 30.1 Å². The summed E-state index contributed by atoms with van der Waals surface area (Å²) >= 11 is 0. The summed E-state index contributed by atoms with van der Waals surface area (Å²) in [7, 11) is 3.11. The minimum atomic E-state index is -0.903. The molecule has 4 rings (SSSR count). The Balaban J connectivity index is 1.71. The summed E-state index contributed by atoms with van der Waals surface area (Å²) in [5.41, 5.74) is 1.71. The second kappa shape index (κ2) is 13.3. The van der Waals surface area contributed by atoms with E-state index in [1.165, 1.54) is 13.2 Å². The van der Waals surface area contributed by atoms with E-state index >= 15 is 0 Å². The molecule has 2 aliphatic rings. The Labute approximate surface area is 241 Å². The number of hydrogen-bond acceptors (Lipinski definition) is 9. The van der Waals surface area contributed by atoms with Crippen LogP contribution >= 0.6 is 0 Å². The molecule has 220 valence electrons. The Morgan fingerprint density at radius 1 is 0.951 bits per heavy atom. The van der Waals surface area contributed by atoms with E-state index in [9.17, 15) is 9.59 Å². The zero-order valence-electron chi connectivity index (χ0n) is 24.4. The lowest BCUT2D eigenvalue weighted by Gasteiger charge is -2.21. The molecule has 2 unspecified atom stereocenters. The van der Waals surface area contributed by atoms with E-state index in [-0.39, 0.29) is 36.4 Å². The topological polar surface area (TPSA) is 98.8 Å². The van der Waals surface area contributed by atoms with Gasteiger partial charge in [0.2, 0.25) is 0 Å². The second-order valence-corrected chi connectivity index (χ2v) is 10.5. The average Bonchev–Trinajstić information content (AvgIpc) is 3.27. The van der Waals surface area contributed by atoms with Gasteiger partial charge in [-0.05, 0) is 62.6 Å². The highest BCUT2D eigenvalue weighted by atomic mass is 16.8. The van der Waals surface area contributed by atoms with Crippen LogP contribution in [0.15, 0.2) is 54.6 Å². The lowest BCUT2D eigenvalue weighted by atomic mass is 9.99. The third-order valence-corrected chi connectivity index (χ3v) is 6.93. The number of cyclic esters (lactones) is 1. The number of rotatable bonds is 7. The van der Waals surface area contributed by atoms with Crippen molar-refractivity contribution in [3.63, 3.8) is 0 Å². The van der Waals surface area contributed by atoms with Gasteiger partial charge in [0.25, 0.3) is 0 Å². The molecule has 0 bridgehead atoms. The molecule has 0 radical (unpaired) electrons. The van der Waals surface area contributed by atoms with Crippen molar-refractivity contribution in [3.05, 3.63) is 71.3 Å². The average molecular weight is 567 g/mol. The maximum Gasteiger partial charge on any atom is 0.342 e. The van der Waals surface area contributed by atoms with Crippen molar-refractivity contribution in [2.24, 2.45) is 5.92 Å². The SMILES string of the molecule is COCOc1cc(OCc2ccc(OC)cc2)cc2c1C(=O)O[C@@H](C)[C@H](C)/C=C\C(=O)C1OC(C)(C)OC1CC=C2. The van der Waals surface area contributed by atoms with Crippen LogP contribution in [0.5, 0.6) is 17.2 Å². The maximum absolute atomic E-state index is 13.5. The highest BCUT2D eigenvalue weighted by Crippen LogP contribution is 2.34. The summed E-state index contributed by atoms with van der Waals surface area (Å²) in [6, 6.07) is 11.0. The number of fused-ring (bicyclic) bond motifs is 2. The van der Waals surface area contributed by atoms with E-state index in [1.54, 1.807) is 52.2 Å². The summed E-state index contributed by atoms with van der Waals surface area (Å²) in [5.74, 6) is -0.394. The van der Waals surface area contributed by atoms with Gasteiger partial charge in [-0.15, -0.1) is 0 Å². The summed E-state index contributed by atoms with van der Waals surface area (Å²) in [5, 5.41) is 0. The van der Waals surface area contributed by atoms with Crippen LogP contribution in [0.1, 0.15) is 55.6 Å². The first-order valence-electron chi connectivity index (χ1n) is 13.6. The van der Waals surface area contributed by atoms with E-state index in [2.05, 4.69) is 0 Å². The van der Waals surface area contributed by atoms with Crippen LogP contribution < -0.4 is 14.2 Å². The van der Waals surface area contributed by atoms with E-state index in [4.69, 9.17) is 33.2 Å². The van der Waals surface area contributed by atoms with Gasteiger partial charge in [0, 0.05) is 19.1 Å². The predicted octanol–water partition coefficient (Wildman–Crippen LogP) is 5.50. The largest absolute Gasteiger partial charge is 0.497 e. The van der Waals surface area contributed by atoms with Crippen molar-refractivity contribution in [1.29, 1.82) is 0 Å². The Hall–Kier alpha value is -3.66. The van der Waals surface area contributed by atoms with Gasteiger partial charge in [-0.25, -0.2) is 4.79 Å². The van der Waals surface area contributed by atoms with Crippen LogP contribution in [-0.2, 0) is 30.3 Å². The maximum atomic E-state index is 13.5. The minimum absolute atomic E-state index is 0.0772. The quantitative estimate of drug-likeness (QED) is 0.318. The predicted molar refractivity (Wildman–Crippen MR) is 152 cm³/mol. The molecule has 4 atom stereocenters. The van der Waals surface area contributed by atoms with E-state index in [0.717, 1.165) is 11.3 Å². The highest BCUT2D eigenvalue weighted by Gasteiger charge is 2.43. The van der Waals surface area contributed by atoms with Gasteiger partial charge in [-0.3, -0.25) is 4.79 Å². The molecular weight excluding hydrogens is 528 g/mol. The van der Waals surface area contributed by atoms with Gasteiger partial charge in [0.15, 0.2) is 18.4 Å². The Morgan fingerprint density at radius 3 is 2.41 bits per heavy atom. The molecule has 1 fully saturated rings. The number of hydrogen-bond donors (Lipinski definition) is 0. The minimum Gasteiger partial charge on any atom is -0.497 e. The number of carbonyl (C=O) groups excluding carboxylic acids is 2. The second-order valence-electron chi connectivity index (χ2n) is 10.5. The fourth-order valence-corrected chi connectivity index (χ4v) is 4.58. The van der Waals surface area contributed by atoms with Gasteiger partial charge in [0.05, 0.1) is 13.2 Å². The molecule has 9 heteroatoms. The van der Waals surface area contributed by atoms with Crippen LogP contribution in [0.3, 0.4) is 0 Å². The zero-order valence-corrected chi connectivity index (χ0v) is 24.4. The molecular formula is C32H38O9. The molecule has 0 saturated carbocycles. The van der Waals surface area contributed by atoms with E-state index in [1.807, 2.05) is 37.3 Å². The normalized spacial score (nSPS) is 24.9. The molecule has 2 aromatic rings. The summed E-state index contributed by atoms with van der Waals surface area (Å²) < 4.78 is 40.1. The molecule has 1 saturated heterocycles. The molecule has 2 aromatic carbocycles. The van der Waals surface area contributed by atoms with Crippen molar-refractivity contribution in [2.45, 2.75) is 64.8 Å². The lowest BCUT2D eigenvalue weighted by Crippen LogP contribution is -2.30. The van der Waals surface area contributed by atoms with Gasteiger partial charge >= 0.3 is 5.97 Å². The van der Waals surface area contributed by atoms with Crippen molar-refractivity contribution >= 4 is 17.8 Å². The Bertz CT molecular complexity index is 1280. The first-order chi connectivity index (χ1) is 19.6. The Morgan fingerprint density at radius 2 is 1.71 bits per heavy atom. The number of ether oxygens (including phenoxy) is 7. The Kier molecular flexibility index (Phi) is 9.86. The summed E-state index contributed by atoms with van der Waals surface area (Å²) in [4.78, 5) is 26.5. The molecule has 0 N–H and O–H groups in total. The smallest absolute Gasteiger partial charge is 0.342 e. The van der Waals surface area contributed by atoms with Gasteiger partial charge in [-0.1, -0.05) is 37.3 Å². The van der Waals surface area contributed by atoms with Crippen molar-refractivity contribution in [3.8, 4) is 17.2 Å². The van der Waals surface area contributed by atoms with E-state index in [0.29, 0.717) is 17.7 Å². The fourth-order valence-electron chi connectivity index (χ4n) is 4.58. The van der Waals surface area contributed by atoms with Gasteiger partial charge in [-0.2, -0.15) is 0 Å². The molecule has 0 spiro atoms. The van der Waals surface area contributed by atoms with Crippen LogP contribution in [0.4, 0.5) is 0 Å². The first kappa shape index (κ1) is 30.3. The molecule has 9 nitrogen and oxygen atoms in total. The van der Waals surface area contributed by atoms with Gasteiger partial charge in [0.1, 0.15) is 41.6 Å². The van der Waals surface area contributed by atoms with Crippen molar-refractivity contribution < 1.29 is 42.7 Å². The number of esters is 1. The molecule has 41 heavy (non-hydrogen) atoms. The number of ketones is 1. The lowest BCUT2D eigenvalue weighted by molar-refractivity contribution is -0.152. The third-order valence-electron chi connectivity index (χ3n) is 6.93. The number of carbonyl (C=O) groups is 2. The molecule has 2 aliphatic heterocycles. The molecule has 0 aromatic heterocycles. The number of methoxy groups -OCH3 is 2. The van der Waals surface area contributed by atoms with Crippen LogP contribution in [0.25, 0.3) is 6.08 Å². The van der Waals surface area contributed by atoms with Crippen LogP contribution in [0.2, 0.25) is 0 Å². The fraction of sp³-hybridized carbons (Fsp3) is 0.438. The molecule has 0 aliphatic carbocycles. The monoisotopic (exact) mass is 566 g/mol. The number of benzene rings is 2. The third kappa shape index (κ3) is 7.75. The first-order valence-corrected chi connectivity index (χ1v) is 13.6. The molecule has 0 amide bonds. The summed E-state index contributed by atoms with van der Waals surface area (Å²) in [6.45, 7) is 7.43. The van der Waals surface area contributed by atoms with Crippen LogP contribution in [-0.4, -0.2) is 56.9 Å².